The third kappa shape index (κ3) is 5.41. The number of anilines is 1. The number of carboxylic acid groups (broad SMARTS) is 1. The predicted octanol–water partition coefficient (Wildman–Crippen LogP) is 8.23. The molecule has 1 aliphatic rings. The summed E-state index contributed by atoms with van der Waals surface area (Å²) in [7, 11) is 3.66. The first-order valence-corrected chi connectivity index (χ1v) is 17.4. The molecule has 3 aromatic heterocycles. The number of amides is 1. The van der Waals surface area contributed by atoms with Crippen molar-refractivity contribution in [1.29, 1.82) is 0 Å². The Morgan fingerprint density at radius 1 is 0.960 bits per heavy atom. The molecule has 0 unspecified atom stereocenters. The molecule has 50 heavy (non-hydrogen) atoms. The van der Waals surface area contributed by atoms with Crippen LogP contribution in [0.25, 0.3) is 32.9 Å². The maximum atomic E-state index is 15.1. The molecule has 7 rings (SSSR count). The molecular formula is C38H38Cl2N6O4. The lowest BCUT2D eigenvalue weighted by Gasteiger charge is -2.22. The fourth-order valence-electron chi connectivity index (χ4n) is 7.55. The van der Waals surface area contributed by atoms with Crippen LogP contribution in [0.2, 0.25) is 10.0 Å². The molecule has 0 radical (unpaired) electrons. The molecule has 1 amide bonds. The number of hydrogen-bond acceptors (Lipinski definition) is 5. The lowest BCUT2D eigenvalue weighted by molar-refractivity contribution is 0.0698. The Hall–Kier alpha value is -4.80. The van der Waals surface area contributed by atoms with Crippen LogP contribution in [0, 0.1) is 27.7 Å². The summed E-state index contributed by atoms with van der Waals surface area (Å²) in [6.07, 6.45) is 1.82. The molecule has 0 spiro atoms. The van der Waals surface area contributed by atoms with E-state index in [0.717, 1.165) is 60.9 Å². The van der Waals surface area contributed by atoms with Crippen molar-refractivity contribution in [3.8, 4) is 16.9 Å². The second kappa shape index (κ2) is 12.8. The Morgan fingerprint density at radius 2 is 1.70 bits per heavy atom. The van der Waals surface area contributed by atoms with E-state index in [1.807, 2.05) is 63.7 Å². The van der Waals surface area contributed by atoms with Crippen molar-refractivity contribution < 1.29 is 19.4 Å². The summed E-state index contributed by atoms with van der Waals surface area (Å²) in [5, 5.41) is 22.1. The predicted molar refractivity (Wildman–Crippen MR) is 197 cm³/mol. The zero-order valence-electron chi connectivity index (χ0n) is 28.9. The van der Waals surface area contributed by atoms with Gasteiger partial charge in [-0.3, -0.25) is 19.1 Å². The molecule has 6 aromatic rings. The van der Waals surface area contributed by atoms with Gasteiger partial charge >= 0.3 is 5.97 Å². The number of aromatic carboxylic acids is 1. The summed E-state index contributed by atoms with van der Waals surface area (Å²) in [6, 6.07) is 12.8. The highest BCUT2D eigenvalue weighted by atomic mass is 35.5. The maximum Gasteiger partial charge on any atom is 0.336 e. The molecule has 0 aliphatic carbocycles. The number of aryl methyl sites for hydroxylation is 7. The molecule has 3 aromatic carbocycles. The van der Waals surface area contributed by atoms with E-state index in [9.17, 15) is 9.90 Å². The van der Waals surface area contributed by atoms with E-state index >= 15 is 4.79 Å². The quantitative estimate of drug-likeness (QED) is 0.159. The highest BCUT2D eigenvalue weighted by molar-refractivity contribution is 6.35. The van der Waals surface area contributed by atoms with Crippen molar-refractivity contribution in [2.75, 3.05) is 18.1 Å². The summed E-state index contributed by atoms with van der Waals surface area (Å²) >= 11 is 13.4. The third-order valence-corrected chi connectivity index (χ3v) is 10.7. The van der Waals surface area contributed by atoms with Gasteiger partial charge in [0, 0.05) is 54.4 Å². The molecule has 1 aliphatic heterocycles. The van der Waals surface area contributed by atoms with Gasteiger partial charge in [0.05, 0.1) is 39.3 Å². The molecule has 0 saturated heterocycles. The van der Waals surface area contributed by atoms with E-state index < -0.39 is 5.97 Å². The zero-order valence-corrected chi connectivity index (χ0v) is 30.4. The van der Waals surface area contributed by atoms with Gasteiger partial charge in [0.2, 0.25) is 0 Å². The number of aromatic nitrogens is 5. The van der Waals surface area contributed by atoms with Crippen molar-refractivity contribution in [3.63, 3.8) is 0 Å². The second-order valence-corrected chi connectivity index (χ2v) is 13.8. The Morgan fingerprint density at radius 3 is 2.38 bits per heavy atom. The number of rotatable bonds is 8. The van der Waals surface area contributed by atoms with Crippen LogP contribution in [0.3, 0.4) is 0 Å². The number of nitrogens with zero attached hydrogens (tertiary/aromatic N) is 6. The Bertz CT molecular complexity index is 2350. The number of hydrogen-bond donors (Lipinski definition) is 1. The van der Waals surface area contributed by atoms with Crippen LogP contribution in [0.1, 0.15) is 61.8 Å². The average Bonchev–Trinajstić information content (AvgIpc) is 3.61. The summed E-state index contributed by atoms with van der Waals surface area (Å²) in [5.74, 6) is -0.0809. The van der Waals surface area contributed by atoms with E-state index in [4.69, 9.17) is 33.0 Å². The van der Waals surface area contributed by atoms with Gasteiger partial charge in [0.15, 0.2) is 0 Å². The standard InChI is InChI=1S/C38H38Cl2N6O4/c1-20-18-24(19-21(2)33(20)40)50-17-8-11-25-26-13-14-28(39)32(30-22(3)41-43(5)23(30)4)34(26)45-15-9-16-46(37(47)35(25)45)36-31-27(38(48)49)10-7-12-29(31)42-44(36)6/h7,10,12-14,18-19H,8-9,11,15-17H2,1-6H3,(H,48,49). The SMILES string of the molecule is Cc1cc(OCCCc2c3n(c4c(-c5c(C)nn(C)c5C)c(Cl)ccc24)CCCN(c2c4c(C(=O)O)cccc4nn2C)C3=O)cc(C)c1Cl. The summed E-state index contributed by atoms with van der Waals surface area (Å²) in [5.41, 5.74) is 8.49. The fourth-order valence-corrected chi connectivity index (χ4v) is 7.91. The summed E-state index contributed by atoms with van der Waals surface area (Å²) in [4.78, 5) is 29.1. The Kier molecular flexibility index (Phi) is 8.64. The van der Waals surface area contributed by atoms with Crippen molar-refractivity contribution in [3.05, 3.63) is 91.8 Å². The lowest BCUT2D eigenvalue weighted by Crippen LogP contribution is -2.33. The first-order valence-electron chi connectivity index (χ1n) is 16.6. The molecule has 258 valence electrons. The number of benzene rings is 3. The average molecular weight is 714 g/mol. The Balaban J connectivity index is 1.39. The summed E-state index contributed by atoms with van der Waals surface area (Å²) < 4.78 is 11.8. The highest BCUT2D eigenvalue weighted by Gasteiger charge is 2.35. The zero-order chi connectivity index (χ0) is 35.6. The smallest absolute Gasteiger partial charge is 0.336 e. The van der Waals surface area contributed by atoms with E-state index in [-0.39, 0.29) is 11.5 Å². The van der Waals surface area contributed by atoms with Gasteiger partial charge in [-0.1, -0.05) is 35.3 Å². The minimum absolute atomic E-state index is 0.102. The highest BCUT2D eigenvalue weighted by Crippen LogP contribution is 2.43. The first-order chi connectivity index (χ1) is 23.9. The van der Waals surface area contributed by atoms with Gasteiger partial charge in [-0.25, -0.2) is 4.79 Å². The van der Waals surface area contributed by atoms with Crippen LogP contribution >= 0.6 is 23.2 Å². The number of fused-ring (bicyclic) bond motifs is 4. The first kappa shape index (κ1) is 33.7. The van der Waals surface area contributed by atoms with Gasteiger partial charge in [0.1, 0.15) is 17.3 Å². The molecule has 10 nitrogen and oxygen atoms in total. The molecule has 0 fully saturated rings. The van der Waals surface area contributed by atoms with Crippen molar-refractivity contribution >= 4 is 62.7 Å². The Labute approximate surface area is 299 Å². The number of carbonyl (C=O) groups excluding carboxylic acids is 1. The van der Waals surface area contributed by atoms with Crippen molar-refractivity contribution in [1.82, 2.24) is 24.1 Å². The van der Waals surface area contributed by atoms with Gasteiger partial charge in [-0.15, -0.1) is 0 Å². The van der Waals surface area contributed by atoms with E-state index in [1.165, 1.54) is 0 Å². The van der Waals surface area contributed by atoms with Crippen LogP contribution in [0.4, 0.5) is 5.82 Å². The van der Waals surface area contributed by atoms with Gasteiger partial charge < -0.3 is 14.4 Å². The fraction of sp³-hybridized carbons (Fsp3) is 0.316. The lowest BCUT2D eigenvalue weighted by atomic mass is 9.98. The van der Waals surface area contributed by atoms with Crippen molar-refractivity contribution in [2.24, 2.45) is 14.1 Å². The van der Waals surface area contributed by atoms with Gasteiger partial charge in [0.25, 0.3) is 5.91 Å². The van der Waals surface area contributed by atoms with Crippen LogP contribution in [-0.2, 0) is 27.1 Å². The number of carbonyl (C=O) groups is 2. The molecule has 0 bridgehead atoms. The van der Waals surface area contributed by atoms with Crippen LogP contribution in [0.15, 0.2) is 42.5 Å². The molecule has 0 atom stereocenters. The maximum absolute atomic E-state index is 15.1. The van der Waals surface area contributed by atoms with E-state index in [2.05, 4.69) is 9.67 Å². The number of carboxylic acids is 1. The number of ether oxygens (including phenoxy) is 1. The minimum Gasteiger partial charge on any atom is -0.494 e. The summed E-state index contributed by atoms with van der Waals surface area (Å²) in [6.45, 7) is 9.28. The number of halogens is 2. The third-order valence-electron chi connectivity index (χ3n) is 9.81. The van der Waals surface area contributed by atoms with Gasteiger partial charge in [-0.2, -0.15) is 10.2 Å². The van der Waals surface area contributed by atoms with Crippen LogP contribution < -0.4 is 9.64 Å². The normalized spacial score (nSPS) is 13.4. The van der Waals surface area contributed by atoms with E-state index in [0.29, 0.717) is 66.4 Å². The molecule has 0 saturated carbocycles. The topological polar surface area (TPSA) is 107 Å². The monoisotopic (exact) mass is 712 g/mol. The second-order valence-electron chi connectivity index (χ2n) is 13.1. The minimum atomic E-state index is -1.07. The largest absolute Gasteiger partial charge is 0.494 e. The van der Waals surface area contributed by atoms with Crippen molar-refractivity contribution in [2.45, 2.75) is 53.5 Å². The molecule has 1 N–H and O–H groups in total. The van der Waals surface area contributed by atoms with Gasteiger partial charge in [-0.05, 0) is 94.0 Å². The van der Waals surface area contributed by atoms with Crippen LogP contribution in [0.5, 0.6) is 5.75 Å². The van der Waals surface area contributed by atoms with Crippen LogP contribution in [-0.4, -0.2) is 54.3 Å². The molecular weight excluding hydrogens is 675 g/mol. The molecule has 4 heterocycles. The molecule has 12 heteroatoms. The van der Waals surface area contributed by atoms with E-state index in [1.54, 1.807) is 34.8 Å².